The van der Waals surface area contributed by atoms with Crippen LogP contribution in [0, 0.1) is 6.92 Å². The number of nitrogens with one attached hydrogen (secondary N) is 1. The van der Waals surface area contributed by atoms with Crippen molar-refractivity contribution in [2.45, 2.75) is 18.7 Å². The highest BCUT2D eigenvalue weighted by Gasteiger charge is 2.24. The summed E-state index contributed by atoms with van der Waals surface area (Å²) in [6, 6.07) is 2.61. The van der Waals surface area contributed by atoms with Gasteiger partial charge in [0.1, 0.15) is 5.56 Å². The van der Waals surface area contributed by atoms with Crippen LogP contribution in [-0.2, 0) is 21.7 Å². The van der Waals surface area contributed by atoms with Crippen molar-refractivity contribution < 1.29 is 23.1 Å². The van der Waals surface area contributed by atoms with E-state index in [1.54, 1.807) is 0 Å². The molecule has 0 aliphatic carbocycles. The second-order valence-electron chi connectivity index (χ2n) is 5.40. The Hall–Kier alpha value is -2.68. The number of aryl methyl sites for hydroxylation is 1. The molecule has 2 rings (SSSR count). The number of sulfone groups is 1. The van der Waals surface area contributed by atoms with E-state index >= 15 is 0 Å². The van der Waals surface area contributed by atoms with Crippen LogP contribution < -0.4 is 5.32 Å². The first kappa shape index (κ1) is 17.7. The van der Waals surface area contributed by atoms with E-state index in [0.717, 1.165) is 10.9 Å². The maximum absolute atomic E-state index is 12.6. The fourth-order valence-corrected chi connectivity index (χ4v) is 3.20. The maximum atomic E-state index is 12.6. The number of nitrogens with zero attached hydrogens (tertiary/aromatic N) is 2. The molecule has 0 saturated carbocycles. The van der Waals surface area contributed by atoms with Crippen LogP contribution in [0.3, 0.4) is 0 Å². The number of rotatable bonds is 4. The van der Waals surface area contributed by atoms with Gasteiger partial charge in [0, 0.05) is 25.8 Å². The van der Waals surface area contributed by atoms with Crippen molar-refractivity contribution in [1.29, 1.82) is 0 Å². The Kier molecular flexibility index (Phi) is 4.48. The van der Waals surface area contributed by atoms with E-state index in [1.807, 2.05) is 0 Å². The number of aromatic nitrogens is 2. The van der Waals surface area contributed by atoms with Crippen LogP contribution in [0.1, 0.15) is 28.4 Å². The molecule has 1 aromatic carbocycles. The first-order valence-corrected chi connectivity index (χ1v) is 8.80. The van der Waals surface area contributed by atoms with Gasteiger partial charge in [-0.2, -0.15) is 5.10 Å². The molecule has 0 bridgehead atoms. The largest absolute Gasteiger partial charge is 0.493 e. The van der Waals surface area contributed by atoms with Crippen LogP contribution in [0.15, 0.2) is 23.2 Å². The molecule has 2 aromatic rings. The quantitative estimate of drug-likeness (QED) is 0.794. The van der Waals surface area contributed by atoms with E-state index in [0.29, 0.717) is 5.56 Å². The third kappa shape index (κ3) is 3.16. The Morgan fingerprint density at radius 1 is 1.25 bits per heavy atom. The molecule has 1 heterocycles. The molecule has 0 spiro atoms. The van der Waals surface area contributed by atoms with E-state index in [4.69, 9.17) is 0 Å². The van der Waals surface area contributed by atoms with Crippen LogP contribution in [0.2, 0.25) is 0 Å². The SMILES string of the molecule is CC(=O)Nc1c(S(C)(=O)=O)ccc(C(=O)c2cnn(C)c2O)c1C. The maximum Gasteiger partial charge on any atom is 0.221 e. The van der Waals surface area contributed by atoms with Gasteiger partial charge >= 0.3 is 0 Å². The lowest BCUT2D eigenvalue weighted by Crippen LogP contribution is -2.15. The Morgan fingerprint density at radius 2 is 1.88 bits per heavy atom. The van der Waals surface area contributed by atoms with Crippen LogP contribution in [-0.4, -0.2) is 41.3 Å². The van der Waals surface area contributed by atoms with Gasteiger partial charge in [-0.1, -0.05) is 0 Å². The van der Waals surface area contributed by atoms with Crippen molar-refractivity contribution in [3.63, 3.8) is 0 Å². The minimum atomic E-state index is -3.60. The van der Waals surface area contributed by atoms with Crippen molar-refractivity contribution in [3.05, 3.63) is 35.0 Å². The van der Waals surface area contributed by atoms with E-state index in [-0.39, 0.29) is 27.6 Å². The van der Waals surface area contributed by atoms with E-state index in [1.165, 1.54) is 39.2 Å². The summed E-state index contributed by atoms with van der Waals surface area (Å²) in [5.74, 6) is -1.28. The van der Waals surface area contributed by atoms with Gasteiger partial charge in [-0.05, 0) is 24.6 Å². The zero-order valence-corrected chi connectivity index (χ0v) is 14.4. The molecule has 0 unspecified atom stereocenters. The lowest BCUT2D eigenvalue weighted by molar-refractivity contribution is -0.114. The number of carbonyl (C=O) groups excluding carboxylic acids is 2. The highest BCUT2D eigenvalue weighted by molar-refractivity contribution is 7.90. The van der Waals surface area contributed by atoms with Gasteiger partial charge in [-0.25, -0.2) is 13.1 Å². The summed E-state index contributed by atoms with van der Waals surface area (Å²) in [6.07, 6.45) is 2.24. The van der Waals surface area contributed by atoms with Gasteiger partial charge in [-0.3, -0.25) is 9.59 Å². The summed E-state index contributed by atoms with van der Waals surface area (Å²) >= 11 is 0. The van der Waals surface area contributed by atoms with Crippen LogP contribution in [0.4, 0.5) is 5.69 Å². The van der Waals surface area contributed by atoms with Gasteiger partial charge in [-0.15, -0.1) is 0 Å². The molecular formula is C15H17N3O5S. The molecule has 0 aliphatic heterocycles. The molecule has 8 nitrogen and oxygen atoms in total. The summed E-state index contributed by atoms with van der Waals surface area (Å²) in [5, 5.41) is 16.1. The molecule has 0 radical (unpaired) electrons. The average Bonchev–Trinajstić information content (AvgIpc) is 2.78. The molecule has 9 heteroatoms. The minimum Gasteiger partial charge on any atom is -0.493 e. The predicted molar refractivity (Wildman–Crippen MR) is 86.9 cm³/mol. The van der Waals surface area contributed by atoms with Crippen LogP contribution in [0.5, 0.6) is 5.88 Å². The molecule has 1 aromatic heterocycles. The molecule has 0 fully saturated rings. The van der Waals surface area contributed by atoms with Crippen molar-refractivity contribution in [2.24, 2.45) is 7.05 Å². The molecule has 2 N–H and O–H groups in total. The molecule has 0 aliphatic rings. The van der Waals surface area contributed by atoms with E-state index in [9.17, 15) is 23.1 Å². The highest BCUT2D eigenvalue weighted by Crippen LogP contribution is 2.30. The lowest BCUT2D eigenvalue weighted by atomic mass is 9.99. The Balaban J connectivity index is 2.67. The summed E-state index contributed by atoms with van der Waals surface area (Å²) in [5.41, 5.74) is 0.497. The number of benzene rings is 1. The minimum absolute atomic E-state index is 0.0125. The number of anilines is 1. The molecule has 0 atom stereocenters. The van der Waals surface area contributed by atoms with Gasteiger partial charge in [0.15, 0.2) is 15.6 Å². The fourth-order valence-electron chi connectivity index (χ4n) is 2.31. The zero-order chi connectivity index (χ0) is 18.2. The van der Waals surface area contributed by atoms with Crippen molar-refractivity contribution in [3.8, 4) is 5.88 Å². The van der Waals surface area contributed by atoms with Crippen LogP contribution >= 0.6 is 0 Å². The van der Waals surface area contributed by atoms with Crippen molar-refractivity contribution in [2.75, 3.05) is 11.6 Å². The fraction of sp³-hybridized carbons (Fsp3) is 0.267. The molecule has 24 heavy (non-hydrogen) atoms. The Bertz CT molecular complexity index is 944. The summed E-state index contributed by atoms with van der Waals surface area (Å²) in [7, 11) is -2.12. The summed E-state index contributed by atoms with van der Waals surface area (Å²) in [4.78, 5) is 24.0. The van der Waals surface area contributed by atoms with Gasteiger partial charge < -0.3 is 10.4 Å². The molecule has 1 amide bonds. The van der Waals surface area contributed by atoms with Crippen molar-refractivity contribution >= 4 is 27.2 Å². The third-order valence-electron chi connectivity index (χ3n) is 3.52. The lowest BCUT2D eigenvalue weighted by Gasteiger charge is -2.15. The number of aromatic hydroxyl groups is 1. The van der Waals surface area contributed by atoms with E-state index < -0.39 is 21.5 Å². The van der Waals surface area contributed by atoms with E-state index in [2.05, 4.69) is 10.4 Å². The first-order valence-electron chi connectivity index (χ1n) is 6.91. The standard InChI is InChI=1S/C15H17N3O5S/c1-8-10(14(20)11-7-16-18(3)15(11)21)5-6-12(24(4,22)23)13(8)17-9(2)19/h5-7,21H,1-4H3,(H,17,19). The Labute approximate surface area is 139 Å². The second-order valence-corrected chi connectivity index (χ2v) is 7.38. The van der Waals surface area contributed by atoms with Gasteiger partial charge in [0.25, 0.3) is 0 Å². The van der Waals surface area contributed by atoms with Gasteiger partial charge in [0.2, 0.25) is 11.8 Å². The smallest absolute Gasteiger partial charge is 0.221 e. The molecule has 128 valence electrons. The number of hydrogen-bond donors (Lipinski definition) is 2. The summed E-state index contributed by atoms with van der Waals surface area (Å²) in [6.45, 7) is 2.77. The monoisotopic (exact) mass is 351 g/mol. The second kappa shape index (κ2) is 6.08. The number of hydrogen-bond acceptors (Lipinski definition) is 6. The first-order chi connectivity index (χ1) is 11.0. The predicted octanol–water partition coefficient (Wildman–Crippen LogP) is 1.03. The van der Waals surface area contributed by atoms with Crippen molar-refractivity contribution in [1.82, 2.24) is 9.78 Å². The number of amides is 1. The molecule has 0 saturated heterocycles. The van der Waals surface area contributed by atoms with Gasteiger partial charge in [0.05, 0.1) is 16.8 Å². The highest BCUT2D eigenvalue weighted by atomic mass is 32.2. The average molecular weight is 351 g/mol. The third-order valence-corrected chi connectivity index (χ3v) is 4.66. The van der Waals surface area contributed by atoms with Crippen LogP contribution in [0.25, 0.3) is 0 Å². The zero-order valence-electron chi connectivity index (χ0n) is 13.6. The molecular weight excluding hydrogens is 334 g/mol. The topological polar surface area (TPSA) is 118 Å². The Morgan fingerprint density at radius 3 is 2.33 bits per heavy atom. The summed E-state index contributed by atoms with van der Waals surface area (Å²) < 4.78 is 25.0. The number of ketones is 1. The number of carbonyl (C=O) groups is 2. The normalized spacial score (nSPS) is 11.3.